The molecular formula is C16H19NO. The fourth-order valence-electron chi connectivity index (χ4n) is 2.48. The summed E-state index contributed by atoms with van der Waals surface area (Å²) in [7, 11) is 0. The zero-order chi connectivity index (χ0) is 12.5. The summed E-state index contributed by atoms with van der Waals surface area (Å²) in [4.78, 5) is 2.45. The molecule has 18 heavy (non-hydrogen) atoms. The van der Waals surface area contributed by atoms with Gasteiger partial charge in [0.05, 0.1) is 6.04 Å². The minimum atomic E-state index is 0.601. The van der Waals surface area contributed by atoms with Crippen LogP contribution in [0.25, 0.3) is 10.8 Å². The Morgan fingerprint density at radius 3 is 2.72 bits per heavy atom. The van der Waals surface area contributed by atoms with Crippen molar-refractivity contribution in [2.45, 2.75) is 25.9 Å². The molecule has 0 aliphatic carbocycles. The van der Waals surface area contributed by atoms with Crippen LogP contribution >= 0.6 is 0 Å². The maximum absolute atomic E-state index is 5.98. The summed E-state index contributed by atoms with van der Waals surface area (Å²) in [6, 6.07) is 15.8. The molecule has 0 bridgehead atoms. The molecule has 0 amide bonds. The summed E-state index contributed by atoms with van der Waals surface area (Å²) < 4.78 is 5.98. The van der Waals surface area contributed by atoms with E-state index in [0.717, 1.165) is 12.4 Å². The van der Waals surface area contributed by atoms with E-state index in [2.05, 4.69) is 61.2 Å². The van der Waals surface area contributed by atoms with E-state index < -0.39 is 0 Å². The number of ether oxygens (including phenoxy) is 1. The Balaban J connectivity index is 1.72. The molecule has 0 spiro atoms. The molecule has 0 radical (unpaired) electrons. The van der Waals surface area contributed by atoms with Crippen LogP contribution in [0, 0.1) is 0 Å². The van der Waals surface area contributed by atoms with Crippen molar-refractivity contribution in [1.29, 1.82) is 0 Å². The van der Waals surface area contributed by atoms with Crippen molar-refractivity contribution >= 4 is 10.8 Å². The van der Waals surface area contributed by atoms with E-state index in [1.54, 1.807) is 0 Å². The molecule has 1 aliphatic rings. The van der Waals surface area contributed by atoms with Gasteiger partial charge >= 0.3 is 0 Å². The van der Waals surface area contributed by atoms with E-state index in [1.165, 1.54) is 17.3 Å². The van der Waals surface area contributed by atoms with Gasteiger partial charge in [-0.05, 0) is 25.3 Å². The third kappa shape index (κ3) is 2.21. The predicted molar refractivity (Wildman–Crippen MR) is 75.1 cm³/mol. The van der Waals surface area contributed by atoms with Crippen LogP contribution in [0.1, 0.15) is 13.8 Å². The average Bonchev–Trinajstić information content (AvgIpc) is 3.16. The zero-order valence-corrected chi connectivity index (χ0v) is 11.0. The zero-order valence-electron chi connectivity index (χ0n) is 11.0. The van der Waals surface area contributed by atoms with E-state index in [1.807, 2.05) is 0 Å². The predicted octanol–water partition coefficient (Wildman–Crippen LogP) is 3.31. The standard InChI is InChI=1S/C16H19NO/c1-12(2)17-10-14(17)11-18-16-9-5-7-13-6-3-4-8-15(13)16/h3-9,12,14H,10-11H2,1-2H3/t14-,17?/m1/s1. The van der Waals surface area contributed by atoms with Gasteiger partial charge in [-0.3, -0.25) is 4.90 Å². The molecule has 2 aromatic carbocycles. The van der Waals surface area contributed by atoms with Gasteiger partial charge in [0.25, 0.3) is 0 Å². The number of fused-ring (bicyclic) bond motifs is 1. The first-order chi connectivity index (χ1) is 8.75. The van der Waals surface area contributed by atoms with Crippen molar-refractivity contribution in [3.63, 3.8) is 0 Å². The molecule has 1 saturated heterocycles. The first-order valence-electron chi connectivity index (χ1n) is 6.62. The number of hydrogen-bond donors (Lipinski definition) is 0. The maximum atomic E-state index is 5.98. The van der Waals surface area contributed by atoms with Crippen LogP contribution < -0.4 is 4.74 Å². The molecule has 2 heteroatoms. The molecule has 0 saturated carbocycles. The largest absolute Gasteiger partial charge is 0.491 e. The summed E-state index contributed by atoms with van der Waals surface area (Å²) >= 11 is 0. The smallest absolute Gasteiger partial charge is 0.127 e. The Labute approximate surface area is 108 Å². The van der Waals surface area contributed by atoms with Gasteiger partial charge in [0, 0.05) is 18.0 Å². The Bertz CT molecular complexity index is 544. The normalized spacial score (nSPS) is 22.4. The number of nitrogens with zero attached hydrogens (tertiary/aromatic N) is 1. The van der Waals surface area contributed by atoms with E-state index in [0.29, 0.717) is 12.1 Å². The lowest BCUT2D eigenvalue weighted by Gasteiger charge is -2.10. The van der Waals surface area contributed by atoms with Crippen LogP contribution in [0.3, 0.4) is 0 Å². The van der Waals surface area contributed by atoms with Crippen molar-refractivity contribution < 1.29 is 4.74 Å². The molecule has 2 atom stereocenters. The molecule has 1 fully saturated rings. The molecular weight excluding hydrogens is 222 g/mol. The molecule has 94 valence electrons. The summed E-state index contributed by atoms with van der Waals surface area (Å²) in [5, 5.41) is 2.45. The van der Waals surface area contributed by atoms with E-state index in [4.69, 9.17) is 4.74 Å². The summed E-state index contributed by atoms with van der Waals surface area (Å²) in [5.74, 6) is 1.00. The highest BCUT2D eigenvalue weighted by atomic mass is 16.5. The lowest BCUT2D eigenvalue weighted by atomic mass is 10.1. The van der Waals surface area contributed by atoms with Crippen molar-refractivity contribution in [3.8, 4) is 5.75 Å². The monoisotopic (exact) mass is 241 g/mol. The van der Waals surface area contributed by atoms with Crippen molar-refractivity contribution in [2.75, 3.05) is 13.2 Å². The van der Waals surface area contributed by atoms with Crippen LogP contribution in [-0.4, -0.2) is 30.1 Å². The Hall–Kier alpha value is -1.54. The van der Waals surface area contributed by atoms with E-state index >= 15 is 0 Å². The maximum Gasteiger partial charge on any atom is 0.127 e. The molecule has 1 heterocycles. The molecule has 2 nitrogen and oxygen atoms in total. The Morgan fingerprint density at radius 1 is 1.17 bits per heavy atom. The minimum absolute atomic E-state index is 0.601. The second-order valence-electron chi connectivity index (χ2n) is 5.23. The van der Waals surface area contributed by atoms with Gasteiger partial charge in [-0.15, -0.1) is 0 Å². The fraction of sp³-hybridized carbons (Fsp3) is 0.375. The quantitative estimate of drug-likeness (QED) is 0.761. The third-order valence-corrected chi connectivity index (χ3v) is 3.60. The molecule has 3 rings (SSSR count). The van der Waals surface area contributed by atoms with E-state index in [9.17, 15) is 0 Å². The van der Waals surface area contributed by atoms with Gasteiger partial charge in [-0.25, -0.2) is 0 Å². The highest BCUT2D eigenvalue weighted by Crippen LogP contribution is 2.27. The lowest BCUT2D eigenvalue weighted by molar-refractivity contribution is 0.284. The van der Waals surface area contributed by atoms with Crippen LogP contribution in [-0.2, 0) is 0 Å². The van der Waals surface area contributed by atoms with Gasteiger partial charge < -0.3 is 4.74 Å². The number of hydrogen-bond acceptors (Lipinski definition) is 2. The summed E-state index contributed by atoms with van der Waals surface area (Å²) in [5.41, 5.74) is 0. The highest BCUT2D eigenvalue weighted by molar-refractivity contribution is 5.88. The molecule has 0 aromatic heterocycles. The van der Waals surface area contributed by atoms with Crippen molar-refractivity contribution in [2.24, 2.45) is 0 Å². The minimum Gasteiger partial charge on any atom is -0.491 e. The third-order valence-electron chi connectivity index (χ3n) is 3.60. The highest BCUT2D eigenvalue weighted by Gasteiger charge is 2.36. The molecule has 1 aliphatic heterocycles. The van der Waals surface area contributed by atoms with Gasteiger partial charge in [-0.2, -0.15) is 0 Å². The topological polar surface area (TPSA) is 12.2 Å². The summed E-state index contributed by atoms with van der Waals surface area (Å²) in [6.07, 6.45) is 0. The Morgan fingerprint density at radius 2 is 1.94 bits per heavy atom. The summed E-state index contributed by atoms with van der Waals surface area (Å²) in [6.45, 7) is 6.43. The number of benzene rings is 2. The first kappa shape index (κ1) is 11.5. The van der Waals surface area contributed by atoms with Gasteiger partial charge in [0.2, 0.25) is 0 Å². The van der Waals surface area contributed by atoms with Gasteiger partial charge in [0.15, 0.2) is 0 Å². The average molecular weight is 241 g/mol. The number of rotatable bonds is 4. The van der Waals surface area contributed by atoms with Crippen LogP contribution in [0.4, 0.5) is 0 Å². The second-order valence-corrected chi connectivity index (χ2v) is 5.23. The van der Waals surface area contributed by atoms with Crippen LogP contribution in [0.5, 0.6) is 5.75 Å². The fourth-order valence-corrected chi connectivity index (χ4v) is 2.48. The Kier molecular flexibility index (Phi) is 2.96. The van der Waals surface area contributed by atoms with Crippen molar-refractivity contribution in [1.82, 2.24) is 4.90 Å². The molecule has 2 aromatic rings. The lowest BCUT2D eigenvalue weighted by Crippen LogP contribution is -2.16. The van der Waals surface area contributed by atoms with Gasteiger partial charge in [-0.1, -0.05) is 36.4 Å². The van der Waals surface area contributed by atoms with Crippen molar-refractivity contribution in [3.05, 3.63) is 42.5 Å². The SMILES string of the molecule is CC(C)N1C[C@@H]1COc1cccc2ccccc12. The van der Waals surface area contributed by atoms with Crippen LogP contribution in [0.15, 0.2) is 42.5 Å². The van der Waals surface area contributed by atoms with E-state index in [-0.39, 0.29) is 0 Å². The molecule has 0 N–H and O–H groups in total. The molecule has 1 unspecified atom stereocenters. The first-order valence-corrected chi connectivity index (χ1v) is 6.62. The second kappa shape index (κ2) is 4.62. The van der Waals surface area contributed by atoms with Gasteiger partial charge in [0.1, 0.15) is 12.4 Å². The van der Waals surface area contributed by atoms with Crippen LogP contribution in [0.2, 0.25) is 0 Å².